The Morgan fingerprint density at radius 1 is 1.30 bits per heavy atom. The molecule has 0 rings (SSSR count). The molecule has 0 aliphatic rings. The summed E-state index contributed by atoms with van der Waals surface area (Å²) < 4.78 is 5.39. The van der Waals surface area contributed by atoms with Gasteiger partial charge in [-0.25, -0.2) is 0 Å². The van der Waals surface area contributed by atoms with Gasteiger partial charge in [0.15, 0.2) is 0 Å². The average Bonchev–Trinajstić information content (AvgIpc) is 1.89. The molecule has 0 aromatic heterocycles. The van der Waals surface area contributed by atoms with Crippen LogP contribution in [0.5, 0.6) is 0 Å². The summed E-state index contributed by atoms with van der Waals surface area (Å²) in [6, 6.07) is 0. The quantitative estimate of drug-likeness (QED) is 0.359. The molecule has 0 bridgehead atoms. The second-order valence-electron chi connectivity index (χ2n) is 2.47. The maximum absolute atomic E-state index is 5.39. The van der Waals surface area contributed by atoms with Gasteiger partial charge in [0, 0.05) is 6.61 Å². The smallest absolute Gasteiger partial charge is 0.0999 e. The third-order valence-corrected chi connectivity index (χ3v) is 1.75. The zero-order chi connectivity index (χ0) is 7.82. The van der Waals surface area contributed by atoms with Crippen LogP contribution in [0, 0.1) is 0 Å². The third-order valence-electron chi connectivity index (χ3n) is 1.34. The third kappa shape index (κ3) is 6.43. The van der Waals surface area contributed by atoms with Crippen LogP contribution in [-0.4, -0.2) is 12.0 Å². The largest absolute Gasteiger partial charge is 0.368 e. The molecule has 0 heterocycles. The molecule has 0 radical (unpaired) electrons. The van der Waals surface area contributed by atoms with Gasteiger partial charge < -0.3 is 4.74 Å². The van der Waals surface area contributed by atoms with Crippen molar-refractivity contribution in [2.45, 2.75) is 45.0 Å². The molecule has 0 aliphatic heterocycles. The summed E-state index contributed by atoms with van der Waals surface area (Å²) in [5.74, 6) is 0. The molecule has 62 valence electrons. The van der Waals surface area contributed by atoms with E-state index in [1.165, 1.54) is 6.42 Å². The molecule has 1 atom stereocenters. The fourth-order valence-corrected chi connectivity index (χ4v) is 1.06. The maximum Gasteiger partial charge on any atom is 0.0999 e. The molecule has 0 saturated carbocycles. The number of hydrogen-bond donors (Lipinski definition) is 1. The van der Waals surface area contributed by atoms with Crippen molar-refractivity contribution in [3.63, 3.8) is 0 Å². The zero-order valence-electron chi connectivity index (χ0n) is 6.97. The van der Waals surface area contributed by atoms with E-state index < -0.39 is 0 Å². The summed E-state index contributed by atoms with van der Waals surface area (Å²) in [7, 11) is 0. The maximum atomic E-state index is 5.39. The fraction of sp³-hybridized carbons (Fsp3) is 1.00. The highest BCUT2D eigenvalue weighted by Crippen LogP contribution is 2.06. The van der Waals surface area contributed by atoms with Crippen molar-refractivity contribution in [1.82, 2.24) is 0 Å². The van der Waals surface area contributed by atoms with Crippen LogP contribution in [0.25, 0.3) is 0 Å². The highest BCUT2D eigenvalue weighted by molar-refractivity contribution is 7.80. The lowest BCUT2D eigenvalue weighted by Crippen LogP contribution is -2.05. The Labute approximate surface area is 69.6 Å². The van der Waals surface area contributed by atoms with E-state index in [1.54, 1.807) is 0 Å². The lowest BCUT2D eigenvalue weighted by molar-refractivity contribution is 0.105. The second kappa shape index (κ2) is 7.42. The molecule has 0 aromatic rings. The first-order valence-electron chi connectivity index (χ1n) is 4.11. The van der Waals surface area contributed by atoms with Crippen molar-refractivity contribution in [3.05, 3.63) is 0 Å². The van der Waals surface area contributed by atoms with E-state index in [0.29, 0.717) is 0 Å². The number of hydrogen-bond acceptors (Lipinski definition) is 2. The predicted octanol–water partition coefficient (Wildman–Crippen LogP) is 2.86. The molecule has 0 N–H and O–H groups in total. The van der Waals surface area contributed by atoms with E-state index in [1.807, 2.05) is 0 Å². The van der Waals surface area contributed by atoms with Crippen LogP contribution in [0.1, 0.15) is 39.5 Å². The van der Waals surface area contributed by atoms with Crippen LogP contribution in [-0.2, 0) is 4.74 Å². The Kier molecular flexibility index (Phi) is 7.65. The number of ether oxygens (including phenoxy) is 1. The minimum atomic E-state index is 0.163. The molecular formula is C8H18OS. The van der Waals surface area contributed by atoms with Crippen molar-refractivity contribution in [2.75, 3.05) is 6.61 Å². The summed E-state index contributed by atoms with van der Waals surface area (Å²) in [5.41, 5.74) is 0.163. The highest BCUT2D eigenvalue weighted by atomic mass is 32.1. The molecule has 2 heteroatoms. The van der Waals surface area contributed by atoms with E-state index in [4.69, 9.17) is 4.74 Å². The summed E-state index contributed by atoms with van der Waals surface area (Å²) >= 11 is 4.26. The Bertz CT molecular complexity index is 66.3. The minimum absolute atomic E-state index is 0.163. The van der Waals surface area contributed by atoms with Gasteiger partial charge in [-0.2, -0.15) is 0 Å². The Hall–Kier alpha value is 0.310. The van der Waals surface area contributed by atoms with Gasteiger partial charge in [0.05, 0.1) is 5.44 Å². The van der Waals surface area contributed by atoms with Crippen LogP contribution in [0.15, 0.2) is 0 Å². The van der Waals surface area contributed by atoms with Crippen LogP contribution in [0.2, 0.25) is 0 Å². The Morgan fingerprint density at radius 3 is 2.50 bits per heavy atom. The molecule has 0 fully saturated rings. The van der Waals surface area contributed by atoms with Crippen molar-refractivity contribution in [3.8, 4) is 0 Å². The van der Waals surface area contributed by atoms with Crippen LogP contribution >= 0.6 is 12.6 Å². The van der Waals surface area contributed by atoms with E-state index in [9.17, 15) is 0 Å². The lowest BCUT2D eigenvalue weighted by Gasteiger charge is -2.09. The fourth-order valence-electron chi connectivity index (χ4n) is 0.694. The summed E-state index contributed by atoms with van der Waals surface area (Å²) in [4.78, 5) is 0. The van der Waals surface area contributed by atoms with Gasteiger partial charge in [-0.3, -0.25) is 0 Å². The van der Waals surface area contributed by atoms with Gasteiger partial charge in [0.2, 0.25) is 0 Å². The van der Waals surface area contributed by atoms with Crippen molar-refractivity contribution < 1.29 is 4.74 Å². The van der Waals surface area contributed by atoms with Gasteiger partial charge in [0.1, 0.15) is 0 Å². The number of unbranched alkanes of at least 4 members (excludes halogenated alkanes) is 1. The van der Waals surface area contributed by atoms with Crippen molar-refractivity contribution >= 4 is 12.6 Å². The monoisotopic (exact) mass is 162 g/mol. The molecular weight excluding hydrogens is 144 g/mol. The average molecular weight is 162 g/mol. The van der Waals surface area contributed by atoms with Crippen molar-refractivity contribution in [2.24, 2.45) is 0 Å². The normalized spacial score (nSPS) is 13.5. The SMILES string of the molecule is CCCCOC(S)CCC. The van der Waals surface area contributed by atoms with Crippen LogP contribution < -0.4 is 0 Å². The molecule has 0 amide bonds. The number of thiol groups is 1. The zero-order valence-corrected chi connectivity index (χ0v) is 7.86. The van der Waals surface area contributed by atoms with Crippen LogP contribution in [0.3, 0.4) is 0 Å². The van der Waals surface area contributed by atoms with E-state index >= 15 is 0 Å². The van der Waals surface area contributed by atoms with Gasteiger partial charge in [-0.1, -0.05) is 26.7 Å². The standard InChI is InChI=1S/C8H18OS/c1-3-5-7-9-8(10)6-4-2/h8,10H,3-7H2,1-2H3. The minimum Gasteiger partial charge on any atom is -0.368 e. The Balaban J connectivity index is 2.97. The second-order valence-corrected chi connectivity index (χ2v) is 3.04. The van der Waals surface area contributed by atoms with E-state index in [0.717, 1.165) is 25.9 Å². The topological polar surface area (TPSA) is 9.23 Å². The number of rotatable bonds is 6. The van der Waals surface area contributed by atoms with E-state index in [-0.39, 0.29) is 5.44 Å². The first kappa shape index (κ1) is 10.3. The molecule has 0 saturated heterocycles. The summed E-state index contributed by atoms with van der Waals surface area (Å²) in [6.07, 6.45) is 4.57. The van der Waals surface area contributed by atoms with Crippen molar-refractivity contribution in [1.29, 1.82) is 0 Å². The van der Waals surface area contributed by atoms with Crippen LogP contribution in [0.4, 0.5) is 0 Å². The van der Waals surface area contributed by atoms with E-state index in [2.05, 4.69) is 26.5 Å². The molecule has 0 aromatic carbocycles. The Morgan fingerprint density at radius 2 is 2.00 bits per heavy atom. The summed E-state index contributed by atoms with van der Waals surface area (Å²) in [5, 5.41) is 0. The first-order valence-corrected chi connectivity index (χ1v) is 4.62. The molecule has 0 aliphatic carbocycles. The van der Waals surface area contributed by atoms with Gasteiger partial charge in [-0.15, -0.1) is 12.6 Å². The summed E-state index contributed by atoms with van der Waals surface area (Å²) in [6.45, 7) is 5.17. The molecule has 0 spiro atoms. The molecule has 1 unspecified atom stereocenters. The predicted molar refractivity (Wildman–Crippen MR) is 48.5 cm³/mol. The molecule has 10 heavy (non-hydrogen) atoms. The highest BCUT2D eigenvalue weighted by Gasteiger charge is 1.98. The lowest BCUT2D eigenvalue weighted by atomic mass is 10.3. The van der Waals surface area contributed by atoms with Gasteiger partial charge in [0.25, 0.3) is 0 Å². The van der Waals surface area contributed by atoms with Gasteiger partial charge >= 0.3 is 0 Å². The molecule has 1 nitrogen and oxygen atoms in total. The first-order chi connectivity index (χ1) is 4.81. The van der Waals surface area contributed by atoms with Gasteiger partial charge in [-0.05, 0) is 12.8 Å².